The van der Waals surface area contributed by atoms with E-state index in [-0.39, 0.29) is 17.7 Å². The lowest BCUT2D eigenvalue weighted by atomic mass is 10.0. The molecule has 0 bridgehead atoms. The van der Waals surface area contributed by atoms with Crippen LogP contribution in [0.25, 0.3) is 0 Å². The van der Waals surface area contributed by atoms with Gasteiger partial charge in [-0.25, -0.2) is 14.4 Å². The predicted molar refractivity (Wildman–Crippen MR) is 128 cm³/mol. The summed E-state index contributed by atoms with van der Waals surface area (Å²) < 4.78 is 15.4. The lowest BCUT2D eigenvalue weighted by Gasteiger charge is -2.37. The number of piperazine rings is 1. The molecule has 2 aliphatic carbocycles. The largest absolute Gasteiger partial charge is 0.353 e. The van der Waals surface area contributed by atoms with E-state index >= 15 is 0 Å². The van der Waals surface area contributed by atoms with Crippen LogP contribution in [0.2, 0.25) is 0 Å². The SMILES string of the molecule is C[C@@H]1CC(F)c2ncnc(N3CCN(C(=O)[C@H](CNCC4CC4)c4ccc(Br)s4)CC3)c21. The Balaban J connectivity index is 1.26. The second-order valence-electron chi connectivity index (χ2n) is 9.21. The zero-order valence-electron chi connectivity index (χ0n) is 18.3. The van der Waals surface area contributed by atoms with Crippen molar-refractivity contribution < 1.29 is 9.18 Å². The summed E-state index contributed by atoms with van der Waals surface area (Å²) in [4.78, 5) is 27.5. The van der Waals surface area contributed by atoms with Crippen LogP contribution in [0.3, 0.4) is 0 Å². The molecule has 3 aliphatic rings. The van der Waals surface area contributed by atoms with Crippen LogP contribution in [0, 0.1) is 5.92 Å². The minimum absolute atomic E-state index is 0.120. The number of alkyl halides is 1. The quantitative estimate of drug-likeness (QED) is 0.590. The summed E-state index contributed by atoms with van der Waals surface area (Å²) in [5, 5.41) is 3.53. The Morgan fingerprint density at radius 2 is 2.06 bits per heavy atom. The number of nitrogens with one attached hydrogen (secondary N) is 1. The number of amides is 1. The molecule has 172 valence electrons. The van der Waals surface area contributed by atoms with Crippen LogP contribution >= 0.6 is 27.3 Å². The molecule has 9 heteroatoms. The fraction of sp³-hybridized carbons (Fsp3) is 0.609. The van der Waals surface area contributed by atoms with Gasteiger partial charge >= 0.3 is 0 Å². The fourth-order valence-corrected chi connectivity index (χ4v) is 6.37. The van der Waals surface area contributed by atoms with Crippen LogP contribution in [-0.2, 0) is 4.79 Å². The van der Waals surface area contributed by atoms with Crippen molar-refractivity contribution in [2.75, 3.05) is 44.2 Å². The average Bonchev–Trinajstić information content (AvgIpc) is 3.46. The van der Waals surface area contributed by atoms with E-state index in [1.165, 1.54) is 19.2 Å². The first kappa shape index (κ1) is 22.2. The summed E-state index contributed by atoms with van der Waals surface area (Å²) in [6.07, 6.45) is 3.55. The molecule has 0 spiro atoms. The predicted octanol–water partition coefficient (Wildman–Crippen LogP) is 4.25. The summed E-state index contributed by atoms with van der Waals surface area (Å²) >= 11 is 5.18. The molecule has 5 rings (SSSR count). The van der Waals surface area contributed by atoms with Gasteiger partial charge in [-0.1, -0.05) is 6.92 Å². The van der Waals surface area contributed by atoms with Crippen LogP contribution in [0.1, 0.15) is 60.3 Å². The maximum absolute atomic E-state index is 14.3. The fourth-order valence-electron chi connectivity index (χ4n) is 4.85. The Kier molecular flexibility index (Phi) is 6.49. The maximum Gasteiger partial charge on any atom is 0.232 e. The highest BCUT2D eigenvalue weighted by Gasteiger charge is 2.36. The van der Waals surface area contributed by atoms with E-state index in [1.54, 1.807) is 11.3 Å². The number of rotatable bonds is 7. The third-order valence-electron chi connectivity index (χ3n) is 6.85. The number of carbonyl (C=O) groups is 1. The summed E-state index contributed by atoms with van der Waals surface area (Å²) in [7, 11) is 0. The summed E-state index contributed by atoms with van der Waals surface area (Å²) in [6, 6.07) is 4.08. The standard InChI is InChI=1S/C23H29BrFN5OS/c1-14-10-17(25)21-20(14)22(28-13-27-21)29-6-8-30(9-7-29)23(31)16(12-26-11-15-2-3-15)18-4-5-19(24)32-18/h4-5,13-17,26H,2-3,6-12H2,1H3/t14-,16-,17?/m1/s1. The van der Waals surface area contributed by atoms with Gasteiger partial charge in [0.25, 0.3) is 0 Å². The first-order chi connectivity index (χ1) is 15.5. The molecular formula is C23H29BrFN5OS. The monoisotopic (exact) mass is 521 g/mol. The Bertz CT molecular complexity index is 975. The van der Waals surface area contributed by atoms with E-state index in [1.807, 2.05) is 17.9 Å². The lowest BCUT2D eigenvalue weighted by Crippen LogP contribution is -2.51. The van der Waals surface area contributed by atoms with Gasteiger partial charge in [-0.05, 0) is 65.7 Å². The molecule has 0 radical (unpaired) electrons. The van der Waals surface area contributed by atoms with Gasteiger partial charge in [-0.2, -0.15) is 0 Å². The zero-order valence-corrected chi connectivity index (χ0v) is 20.7. The van der Waals surface area contributed by atoms with Crippen LogP contribution in [0.5, 0.6) is 0 Å². The third-order valence-corrected chi connectivity index (χ3v) is 8.59. The minimum atomic E-state index is -1.00. The average molecular weight is 522 g/mol. The number of halogens is 2. The Hall–Kier alpha value is -1.58. The van der Waals surface area contributed by atoms with Crippen molar-refractivity contribution in [3.8, 4) is 0 Å². The molecule has 1 saturated heterocycles. The molecule has 1 amide bonds. The molecule has 6 nitrogen and oxygen atoms in total. The van der Waals surface area contributed by atoms with Gasteiger partial charge in [-0.15, -0.1) is 11.3 Å². The minimum Gasteiger partial charge on any atom is -0.353 e. The second-order valence-corrected chi connectivity index (χ2v) is 11.7. The van der Waals surface area contributed by atoms with E-state index in [0.717, 1.165) is 32.5 Å². The Labute approximate surface area is 200 Å². The highest BCUT2D eigenvalue weighted by Crippen LogP contribution is 2.44. The summed E-state index contributed by atoms with van der Waals surface area (Å²) in [6.45, 7) is 6.43. The zero-order chi connectivity index (χ0) is 22.2. The van der Waals surface area contributed by atoms with Crippen molar-refractivity contribution in [1.82, 2.24) is 20.2 Å². The molecule has 2 aromatic rings. The lowest BCUT2D eigenvalue weighted by molar-refractivity contribution is -0.133. The third kappa shape index (κ3) is 4.56. The number of hydrogen-bond acceptors (Lipinski definition) is 6. The van der Waals surface area contributed by atoms with Crippen molar-refractivity contribution in [2.45, 2.75) is 44.2 Å². The van der Waals surface area contributed by atoms with Crippen molar-refractivity contribution in [1.29, 1.82) is 0 Å². The Morgan fingerprint density at radius 1 is 1.28 bits per heavy atom. The molecule has 0 aromatic carbocycles. The van der Waals surface area contributed by atoms with Gasteiger partial charge in [0.05, 0.1) is 15.4 Å². The topological polar surface area (TPSA) is 61.4 Å². The smallest absolute Gasteiger partial charge is 0.232 e. The second kappa shape index (κ2) is 9.35. The first-order valence-corrected chi connectivity index (χ1v) is 13.1. The van der Waals surface area contributed by atoms with Crippen LogP contribution in [-0.4, -0.2) is 60.0 Å². The molecule has 2 fully saturated rings. The molecule has 1 aliphatic heterocycles. The highest BCUT2D eigenvalue weighted by molar-refractivity contribution is 9.11. The van der Waals surface area contributed by atoms with E-state index in [4.69, 9.17) is 0 Å². The molecule has 1 unspecified atom stereocenters. The first-order valence-electron chi connectivity index (χ1n) is 11.5. The van der Waals surface area contributed by atoms with E-state index in [9.17, 15) is 9.18 Å². The molecule has 1 saturated carbocycles. The van der Waals surface area contributed by atoms with Gasteiger partial charge in [0.15, 0.2) is 0 Å². The van der Waals surface area contributed by atoms with E-state index < -0.39 is 6.17 Å². The van der Waals surface area contributed by atoms with Gasteiger partial charge in [0, 0.05) is 43.2 Å². The van der Waals surface area contributed by atoms with Gasteiger partial charge < -0.3 is 15.1 Å². The number of anilines is 1. The molecule has 1 N–H and O–H groups in total. The number of fused-ring (bicyclic) bond motifs is 1. The van der Waals surface area contributed by atoms with Gasteiger partial charge in [-0.3, -0.25) is 4.79 Å². The number of carbonyl (C=O) groups excluding carboxylic acids is 1. The van der Waals surface area contributed by atoms with E-state index in [0.29, 0.717) is 44.8 Å². The van der Waals surface area contributed by atoms with Crippen molar-refractivity contribution >= 4 is 39.0 Å². The van der Waals surface area contributed by atoms with E-state index in [2.05, 4.69) is 42.2 Å². The van der Waals surface area contributed by atoms with Crippen molar-refractivity contribution in [2.24, 2.45) is 5.92 Å². The van der Waals surface area contributed by atoms with Crippen LogP contribution in [0.15, 0.2) is 22.2 Å². The van der Waals surface area contributed by atoms with Gasteiger partial charge in [0.1, 0.15) is 18.3 Å². The van der Waals surface area contributed by atoms with Crippen LogP contribution < -0.4 is 10.2 Å². The summed E-state index contributed by atoms with van der Waals surface area (Å²) in [5.74, 6) is 1.78. The molecule has 2 aromatic heterocycles. The molecule has 3 heterocycles. The summed E-state index contributed by atoms with van der Waals surface area (Å²) in [5.41, 5.74) is 1.50. The van der Waals surface area contributed by atoms with Gasteiger partial charge in [0.2, 0.25) is 5.91 Å². The molecule has 32 heavy (non-hydrogen) atoms. The van der Waals surface area contributed by atoms with Crippen molar-refractivity contribution in [3.63, 3.8) is 0 Å². The normalized spacial score (nSPS) is 24.0. The molecular weight excluding hydrogens is 493 g/mol. The van der Waals surface area contributed by atoms with Crippen molar-refractivity contribution in [3.05, 3.63) is 38.4 Å². The molecule has 3 atom stereocenters. The van der Waals surface area contributed by atoms with Crippen LogP contribution in [0.4, 0.5) is 10.2 Å². The Morgan fingerprint density at radius 3 is 2.75 bits per heavy atom. The number of aromatic nitrogens is 2. The highest BCUT2D eigenvalue weighted by atomic mass is 79.9. The maximum atomic E-state index is 14.3. The number of hydrogen-bond donors (Lipinski definition) is 1. The number of thiophene rings is 1. The number of nitrogens with zero attached hydrogens (tertiary/aromatic N) is 4.